The zero-order chi connectivity index (χ0) is 31.3. The van der Waals surface area contributed by atoms with E-state index in [0.717, 1.165) is 42.7 Å². The molecular formula is C35H44N6O2. The lowest BCUT2D eigenvalue weighted by Gasteiger charge is -2.25. The van der Waals surface area contributed by atoms with Crippen molar-refractivity contribution in [3.8, 4) is 11.3 Å². The minimum absolute atomic E-state index is 0.0109. The highest BCUT2D eigenvalue weighted by molar-refractivity contribution is 6.05. The Morgan fingerprint density at radius 1 is 1.00 bits per heavy atom. The molecule has 0 spiro atoms. The lowest BCUT2D eigenvalue weighted by Crippen LogP contribution is -2.25. The van der Waals surface area contributed by atoms with Gasteiger partial charge in [0.2, 0.25) is 0 Å². The molecule has 0 atom stereocenters. The summed E-state index contributed by atoms with van der Waals surface area (Å²) in [6.07, 6.45) is 3.76. The Balaban J connectivity index is 1.60. The van der Waals surface area contributed by atoms with Crippen LogP contribution in [0.1, 0.15) is 68.9 Å². The molecule has 4 rings (SSSR count). The highest BCUT2D eigenvalue weighted by Gasteiger charge is 2.17. The molecule has 0 radical (unpaired) electrons. The van der Waals surface area contributed by atoms with Gasteiger partial charge in [-0.25, -0.2) is 4.98 Å². The Morgan fingerprint density at radius 3 is 2.28 bits per heavy atom. The van der Waals surface area contributed by atoms with Crippen LogP contribution in [0.15, 0.2) is 71.7 Å². The second kappa shape index (κ2) is 13.2. The highest BCUT2D eigenvalue weighted by atomic mass is 16.1. The molecule has 1 heterocycles. The first-order chi connectivity index (χ1) is 20.4. The molecule has 0 saturated carbocycles. The fraction of sp³-hybridized carbons (Fsp3) is 0.343. The number of aryl methyl sites for hydroxylation is 1. The molecular weight excluding hydrogens is 536 g/mol. The molecule has 4 aromatic rings. The summed E-state index contributed by atoms with van der Waals surface area (Å²) >= 11 is 0. The smallest absolute Gasteiger partial charge is 0.293 e. The van der Waals surface area contributed by atoms with Crippen LogP contribution < -0.4 is 26.8 Å². The van der Waals surface area contributed by atoms with Crippen LogP contribution in [-0.4, -0.2) is 28.5 Å². The summed E-state index contributed by atoms with van der Waals surface area (Å²) in [7, 11) is 1.70. The van der Waals surface area contributed by atoms with Crippen molar-refractivity contribution in [1.82, 2.24) is 9.55 Å². The molecule has 1 aromatic heterocycles. The van der Waals surface area contributed by atoms with E-state index in [1.807, 2.05) is 67.6 Å². The number of nitrogens with zero attached hydrogens (tertiary/aromatic N) is 3. The van der Waals surface area contributed by atoms with E-state index < -0.39 is 0 Å². The van der Waals surface area contributed by atoms with Crippen LogP contribution in [0.25, 0.3) is 11.3 Å². The maximum atomic E-state index is 13.1. The minimum atomic E-state index is -0.259. The van der Waals surface area contributed by atoms with Gasteiger partial charge in [-0.3, -0.25) is 9.59 Å². The van der Waals surface area contributed by atoms with E-state index in [-0.39, 0.29) is 22.7 Å². The first-order valence-electron chi connectivity index (χ1n) is 14.9. The summed E-state index contributed by atoms with van der Waals surface area (Å²) < 4.78 is 1.51. The molecule has 0 unspecified atom stereocenters. The van der Waals surface area contributed by atoms with Crippen LogP contribution in [0, 0.1) is 6.92 Å². The molecule has 4 N–H and O–H groups in total. The molecule has 0 saturated heterocycles. The average molecular weight is 581 g/mol. The van der Waals surface area contributed by atoms with Gasteiger partial charge in [-0.2, -0.15) is 0 Å². The molecule has 8 nitrogen and oxygen atoms in total. The second-order valence-electron chi connectivity index (χ2n) is 12.0. The van der Waals surface area contributed by atoms with Crippen molar-refractivity contribution in [2.45, 2.75) is 59.8 Å². The lowest BCUT2D eigenvalue weighted by molar-refractivity contribution is 0.102. The lowest BCUT2D eigenvalue weighted by atomic mass is 9.86. The molecule has 3 aromatic carbocycles. The third-order valence-corrected chi connectivity index (χ3v) is 7.56. The van der Waals surface area contributed by atoms with Crippen molar-refractivity contribution in [3.05, 3.63) is 93.9 Å². The van der Waals surface area contributed by atoms with Gasteiger partial charge in [-0.15, -0.1) is 0 Å². The van der Waals surface area contributed by atoms with Crippen LogP contribution in [0.4, 0.5) is 28.6 Å². The molecule has 226 valence electrons. The zero-order valence-corrected chi connectivity index (χ0v) is 26.4. The monoisotopic (exact) mass is 580 g/mol. The summed E-state index contributed by atoms with van der Waals surface area (Å²) in [5.41, 5.74) is 13.2. The number of rotatable bonds is 10. The molecule has 0 bridgehead atoms. The Bertz CT molecular complexity index is 1640. The van der Waals surface area contributed by atoms with E-state index in [1.165, 1.54) is 10.1 Å². The van der Waals surface area contributed by atoms with Crippen LogP contribution in [0.3, 0.4) is 0 Å². The molecule has 0 aliphatic heterocycles. The minimum Gasteiger partial charge on any atom is -0.397 e. The molecule has 43 heavy (non-hydrogen) atoms. The van der Waals surface area contributed by atoms with Gasteiger partial charge >= 0.3 is 0 Å². The number of hydrogen-bond donors (Lipinski definition) is 3. The Hall–Kier alpha value is -4.59. The number of nitrogens with two attached hydrogens (primary N) is 1. The zero-order valence-electron chi connectivity index (χ0n) is 26.4. The van der Waals surface area contributed by atoms with E-state index in [9.17, 15) is 9.59 Å². The van der Waals surface area contributed by atoms with E-state index in [4.69, 9.17) is 10.7 Å². The number of benzene rings is 3. The SMILES string of the molecule is CCCN(CCC)c1ccc(Nc2nc(-c3cccc(NC(=O)c4ccc(C(C)(C)C)cc4)c3C)cn(C)c2=O)cc1N. The fourth-order valence-electron chi connectivity index (χ4n) is 5.13. The van der Waals surface area contributed by atoms with Gasteiger partial charge in [-0.1, -0.05) is 58.9 Å². The number of carbonyl (C=O) groups is 1. The molecule has 8 heteroatoms. The number of hydrogen-bond acceptors (Lipinski definition) is 6. The maximum absolute atomic E-state index is 13.1. The van der Waals surface area contributed by atoms with Gasteiger partial charge in [0, 0.05) is 48.8 Å². The first-order valence-corrected chi connectivity index (χ1v) is 14.9. The van der Waals surface area contributed by atoms with E-state index in [0.29, 0.717) is 28.3 Å². The molecule has 0 aliphatic carbocycles. The number of aromatic nitrogens is 2. The topological polar surface area (TPSA) is 105 Å². The standard InChI is InChI=1S/C35H44N6O2/c1-8-19-41(20-9-2)31-18-17-26(21-28(31)36)37-32-34(43)40(7)22-30(38-32)27-11-10-12-29(23(27)3)39-33(42)24-13-15-25(16-14-24)35(4,5)6/h10-18,21-22H,8-9,19-20,36H2,1-7H3,(H,37,38)(H,39,42). The molecule has 0 fully saturated rings. The third-order valence-electron chi connectivity index (χ3n) is 7.56. The van der Waals surface area contributed by atoms with Crippen molar-refractivity contribution in [3.63, 3.8) is 0 Å². The van der Waals surface area contributed by atoms with Gasteiger partial charge < -0.3 is 25.8 Å². The van der Waals surface area contributed by atoms with Crippen molar-refractivity contribution >= 4 is 34.5 Å². The third kappa shape index (κ3) is 7.25. The highest BCUT2D eigenvalue weighted by Crippen LogP contribution is 2.30. The van der Waals surface area contributed by atoms with Gasteiger partial charge in [0.15, 0.2) is 5.82 Å². The van der Waals surface area contributed by atoms with Crippen molar-refractivity contribution in [2.75, 3.05) is 34.4 Å². The van der Waals surface area contributed by atoms with Gasteiger partial charge in [0.1, 0.15) is 0 Å². The van der Waals surface area contributed by atoms with Crippen LogP contribution in [-0.2, 0) is 12.5 Å². The largest absolute Gasteiger partial charge is 0.397 e. The second-order valence-corrected chi connectivity index (χ2v) is 12.0. The number of nitrogen functional groups attached to an aromatic ring is 1. The maximum Gasteiger partial charge on any atom is 0.293 e. The summed E-state index contributed by atoms with van der Waals surface area (Å²) in [4.78, 5) is 33.2. The molecule has 0 aliphatic rings. The fourth-order valence-corrected chi connectivity index (χ4v) is 5.13. The summed E-state index contributed by atoms with van der Waals surface area (Å²) in [6, 6.07) is 19.1. The number of amides is 1. The van der Waals surface area contributed by atoms with Gasteiger partial charge in [0.05, 0.1) is 17.1 Å². The summed E-state index contributed by atoms with van der Waals surface area (Å²) in [5, 5.41) is 6.23. The quantitative estimate of drug-likeness (QED) is 0.171. The van der Waals surface area contributed by atoms with Crippen molar-refractivity contribution < 1.29 is 4.79 Å². The van der Waals surface area contributed by atoms with Crippen molar-refractivity contribution in [1.29, 1.82) is 0 Å². The predicted molar refractivity (Wildman–Crippen MR) is 180 cm³/mol. The Labute approximate surface area is 255 Å². The average Bonchev–Trinajstić information content (AvgIpc) is 2.96. The summed E-state index contributed by atoms with van der Waals surface area (Å²) in [5.74, 6) is 0.00728. The van der Waals surface area contributed by atoms with Crippen molar-refractivity contribution in [2.24, 2.45) is 7.05 Å². The Kier molecular flexibility index (Phi) is 9.59. The van der Waals surface area contributed by atoms with E-state index in [2.05, 4.69) is 50.2 Å². The predicted octanol–water partition coefficient (Wildman–Crippen LogP) is 7.26. The van der Waals surface area contributed by atoms with Gasteiger partial charge in [0.25, 0.3) is 11.5 Å². The van der Waals surface area contributed by atoms with Crippen LogP contribution in [0.5, 0.6) is 0 Å². The number of carbonyl (C=O) groups excluding carboxylic acids is 1. The Morgan fingerprint density at radius 2 is 1.67 bits per heavy atom. The number of nitrogens with one attached hydrogen (secondary N) is 2. The van der Waals surface area contributed by atoms with E-state index >= 15 is 0 Å². The van der Waals surface area contributed by atoms with Crippen LogP contribution in [0.2, 0.25) is 0 Å². The normalized spacial score (nSPS) is 11.3. The number of anilines is 5. The van der Waals surface area contributed by atoms with Gasteiger partial charge in [-0.05, 0) is 72.7 Å². The summed E-state index contributed by atoms with van der Waals surface area (Å²) in [6.45, 7) is 14.5. The molecule has 1 amide bonds. The van der Waals surface area contributed by atoms with E-state index in [1.54, 1.807) is 13.2 Å². The first kappa shape index (κ1) is 31.3. The van der Waals surface area contributed by atoms with Crippen LogP contribution >= 0.6 is 0 Å².